The van der Waals surface area contributed by atoms with Crippen molar-refractivity contribution in [2.75, 3.05) is 14.2 Å². The molecule has 0 N–H and O–H groups in total. The normalized spacial score (nSPS) is 9.26. The summed E-state index contributed by atoms with van der Waals surface area (Å²) in [6.07, 6.45) is 0. The Kier molecular flexibility index (Phi) is 9.13. The number of hydrogen-bond donors (Lipinski definition) is 0. The summed E-state index contributed by atoms with van der Waals surface area (Å²) < 4.78 is 4.25. The number of benzene rings is 4. The lowest BCUT2D eigenvalue weighted by Crippen LogP contribution is -1.73. The van der Waals surface area contributed by atoms with Gasteiger partial charge in [0, 0.05) is 14.2 Å². The van der Waals surface area contributed by atoms with Crippen molar-refractivity contribution >= 4 is 0 Å². The van der Waals surface area contributed by atoms with E-state index in [0.717, 1.165) is 0 Å². The van der Waals surface area contributed by atoms with Crippen LogP contribution in [0.2, 0.25) is 0 Å². The number of ether oxygens (including phenoxy) is 1. The van der Waals surface area contributed by atoms with Gasteiger partial charge in [0.05, 0.1) is 0 Å². The predicted octanol–water partition coefficient (Wildman–Crippen LogP) is 6.97. The molecule has 0 aliphatic carbocycles. The van der Waals surface area contributed by atoms with Gasteiger partial charge in [-0.1, -0.05) is 121 Å². The summed E-state index contributed by atoms with van der Waals surface area (Å²) in [5.41, 5.74) is 5.10. The molecule has 0 amide bonds. The van der Waals surface area contributed by atoms with E-state index in [9.17, 15) is 0 Å². The molecule has 0 bridgehead atoms. The van der Waals surface area contributed by atoms with Crippen LogP contribution < -0.4 is 0 Å². The Labute approximate surface area is 162 Å². The lowest BCUT2D eigenvalue weighted by molar-refractivity contribution is 0.277. The molecule has 0 aliphatic heterocycles. The molecule has 0 heterocycles. The molecule has 0 fully saturated rings. The number of rotatable bonds is 2. The van der Waals surface area contributed by atoms with Crippen molar-refractivity contribution in [3.05, 3.63) is 121 Å². The van der Waals surface area contributed by atoms with Gasteiger partial charge in [-0.15, -0.1) is 0 Å². The van der Waals surface area contributed by atoms with Gasteiger partial charge in [0.15, 0.2) is 0 Å². The minimum atomic E-state index is 1.28. The van der Waals surface area contributed by atoms with Gasteiger partial charge in [-0.2, -0.15) is 0 Å². The van der Waals surface area contributed by atoms with E-state index < -0.39 is 0 Å². The van der Waals surface area contributed by atoms with Crippen LogP contribution in [-0.4, -0.2) is 14.2 Å². The van der Waals surface area contributed by atoms with Crippen molar-refractivity contribution in [1.82, 2.24) is 0 Å². The molecule has 4 rings (SSSR count). The Morgan fingerprint density at radius 2 is 0.481 bits per heavy atom. The highest BCUT2D eigenvalue weighted by Gasteiger charge is 1.92. The summed E-state index contributed by atoms with van der Waals surface area (Å²) in [6.45, 7) is 0. The van der Waals surface area contributed by atoms with E-state index in [1.165, 1.54) is 22.3 Å². The van der Waals surface area contributed by atoms with Crippen LogP contribution in [0.4, 0.5) is 0 Å². The van der Waals surface area contributed by atoms with Crippen molar-refractivity contribution in [3.63, 3.8) is 0 Å². The molecule has 0 spiro atoms. The van der Waals surface area contributed by atoms with Crippen molar-refractivity contribution in [3.8, 4) is 22.3 Å². The molecular weight excluding hydrogens is 328 g/mol. The van der Waals surface area contributed by atoms with E-state index in [1.54, 1.807) is 14.2 Å². The van der Waals surface area contributed by atoms with E-state index >= 15 is 0 Å². The maximum absolute atomic E-state index is 4.25. The third-order valence-electron chi connectivity index (χ3n) is 3.76. The van der Waals surface area contributed by atoms with Crippen LogP contribution in [0.1, 0.15) is 0 Å². The summed E-state index contributed by atoms with van der Waals surface area (Å²) in [5.74, 6) is 0. The molecule has 4 aromatic carbocycles. The van der Waals surface area contributed by atoms with Gasteiger partial charge < -0.3 is 4.74 Å². The molecule has 27 heavy (non-hydrogen) atoms. The van der Waals surface area contributed by atoms with Gasteiger partial charge in [-0.3, -0.25) is 0 Å². The maximum Gasteiger partial charge on any atom is 0.0351 e. The monoisotopic (exact) mass is 354 g/mol. The van der Waals surface area contributed by atoms with Crippen molar-refractivity contribution in [1.29, 1.82) is 0 Å². The first-order valence-electron chi connectivity index (χ1n) is 8.96. The topological polar surface area (TPSA) is 9.23 Å². The second-order valence-electron chi connectivity index (χ2n) is 5.87. The maximum atomic E-state index is 4.25. The molecule has 136 valence electrons. The van der Waals surface area contributed by atoms with Crippen molar-refractivity contribution in [2.45, 2.75) is 0 Å². The fraction of sp³-hybridized carbons (Fsp3) is 0.0769. The summed E-state index contributed by atoms with van der Waals surface area (Å²) in [4.78, 5) is 0. The average Bonchev–Trinajstić information content (AvgIpc) is 2.77. The van der Waals surface area contributed by atoms with Crippen LogP contribution >= 0.6 is 0 Å². The smallest absolute Gasteiger partial charge is 0.0351 e. The first kappa shape index (κ1) is 20.2. The van der Waals surface area contributed by atoms with Crippen molar-refractivity contribution < 1.29 is 4.74 Å². The Balaban J connectivity index is 0.000000170. The Bertz CT molecular complexity index is 691. The summed E-state index contributed by atoms with van der Waals surface area (Å²) >= 11 is 0. The van der Waals surface area contributed by atoms with E-state index in [0.29, 0.717) is 0 Å². The zero-order valence-electron chi connectivity index (χ0n) is 16.0. The van der Waals surface area contributed by atoms with Crippen LogP contribution in [0.3, 0.4) is 0 Å². The highest BCUT2D eigenvalue weighted by molar-refractivity contribution is 5.63. The predicted molar refractivity (Wildman–Crippen MR) is 117 cm³/mol. The zero-order chi connectivity index (χ0) is 19.2. The van der Waals surface area contributed by atoms with Gasteiger partial charge >= 0.3 is 0 Å². The molecule has 0 aromatic heterocycles. The summed E-state index contributed by atoms with van der Waals surface area (Å²) in [7, 11) is 3.25. The molecule has 1 heteroatoms. The van der Waals surface area contributed by atoms with E-state index in [2.05, 4.69) is 102 Å². The molecule has 0 unspecified atom stereocenters. The van der Waals surface area contributed by atoms with Gasteiger partial charge in [-0.05, 0) is 22.3 Å². The number of hydrogen-bond acceptors (Lipinski definition) is 1. The van der Waals surface area contributed by atoms with Crippen LogP contribution in [0, 0.1) is 0 Å². The van der Waals surface area contributed by atoms with E-state index in [1.807, 2.05) is 24.3 Å². The van der Waals surface area contributed by atoms with Crippen LogP contribution in [0.25, 0.3) is 22.3 Å². The van der Waals surface area contributed by atoms with Gasteiger partial charge in [0.25, 0.3) is 0 Å². The highest BCUT2D eigenvalue weighted by Crippen LogP contribution is 2.18. The minimum absolute atomic E-state index is 1.28. The van der Waals surface area contributed by atoms with E-state index in [4.69, 9.17) is 0 Å². The summed E-state index contributed by atoms with van der Waals surface area (Å²) in [6, 6.07) is 41.6. The minimum Gasteiger partial charge on any atom is -0.388 e. The SMILES string of the molecule is COC.c1ccc(-c2ccccc2)cc1.c1ccc(-c2ccccc2)cc1. The highest BCUT2D eigenvalue weighted by atomic mass is 16.4. The zero-order valence-corrected chi connectivity index (χ0v) is 16.0. The second kappa shape index (κ2) is 12.2. The van der Waals surface area contributed by atoms with Gasteiger partial charge in [-0.25, -0.2) is 0 Å². The Hall–Kier alpha value is -3.16. The Morgan fingerprint density at radius 1 is 0.333 bits per heavy atom. The van der Waals surface area contributed by atoms with E-state index in [-0.39, 0.29) is 0 Å². The average molecular weight is 354 g/mol. The quantitative estimate of drug-likeness (QED) is 0.378. The first-order valence-corrected chi connectivity index (χ1v) is 8.96. The molecule has 0 aliphatic rings. The number of methoxy groups -OCH3 is 1. The van der Waals surface area contributed by atoms with Crippen LogP contribution in [0.15, 0.2) is 121 Å². The standard InChI is InChI=1S/2C12H10.C2H6O/c2*1-3-7-11(8-4-1)12-9-5-2-6-10-12;1-3-2/h2*1-10H;1-2H3. The molecule has 0 atom stereocenters. The first-order chi connectivity index (χ1) is 13.3. The van der Waals surface area contributed by atoms with Crippen LogP contribution in [-0.2, 0) is 4.74 Å². The summed E-state index contributed by atoms with van der Waals surface area (Å²) in [5, 5.41) is 0. The molecule has 0 saturated carbocycles. The molecule has 0 saturated heterocycles. The third-order valence-corrected chi connectivity index (χ3v) is 3.76. The Morgan fingerprint density at radius 3 is 0.630 bits per heavy atom. The second-order valence-corrected chi connectivity index (χ2v) is 5.87. The lowest BCUT2D eigenvalue weighted by Gasteiger charge is -1.98. The molecule has 1 nitrogen and oxygen atoms in total. The fourth-order valence-electron chi connectivity index (χ4n) is 2.52. The lowest BCUT2D eigenvalue weighted by atomic mass is 10.1. The van der Waals surface area contributed by atoms with Gasteiger partial charge in [0.2, 0.25) is 0 Å². The van der Waals surface area contributed by atoms with Crippen molar-refractivity contribution in [2.24, 2.45) is 0 Å². The fourth-order valence-corrected chi connectivity index (χ4v) is 2.52. The molecule has 0 radical (unpaired) electrons. The molecular formula is C26H26O. The van der Waals surface area contributed by atoms with Gasteiger partial charge in [0.1, 0.15) is 0 Å². The van der Waals surface area contributed by atoms with Crippen LogP contribution in [0.5, 0.6) is 0 Å². The molecule has 4 aromatic rings. The largest absolute Gasteiger partial charge is 0.388 e. The third kappa shape index (κ3) is 7.31.